The van der Waals surface area contributed by atoms with Crippen LogP contribution in [0.15, 0.2) is 23.7 Å². The number of nitrogens with zero attached hydrogens (tertiary/aromatic N) is 2. The number of piperidine rings is 1. The number of likely N-dealkylation sites (tertiary alicyclic amines) is 1. The first kappa shape index (κ1) is 13.4. The van der Waals surface area contributed by atoms with Crippen LogP contribution in [0.4, 0.5) is 0 Å². The summed E-state index contributed by atoms with van der Waals surface area (Å²) in [4.78, 5) is 22.0. The predicted molar refractivity (Wildman–Crippen MR) is 80.2 cm³/mol. The number of thiazole rings is 1. The SMILES string of the molecule is CCc1csc(C2CCCN(C(=O)c3ccc[nH]3)C2)n1. The Morgan fingerprint density at radius 1 is 1.60 bits per heavy atom. The largest absolute Gasteiger partial charge is 0.357 e. The van der Waals surface area contributed by atoms with Crippen molar-refractivity contribution in [3.8, 4) is 0 Å². The number of aromatic nitrogens is 2. The number of amides is 1. The molecule has 20 heavy (non-hydrogen) atoms. The van der Waals surface area contributed by atoms with E-state index in [2.05, 4.69) is 22.3 Å². The van der Waals surface area contributed by atoms with Crippen molar-refractivity contribution in [3.05, 3.63) is 40.1 Å². The molecule has 4 nitrogen and oxygen atoms in total. The van der Waals surface area contributed by atoms with Gasteiger partial charge in [-0.15, -0.1) is 11.3 Å². The lowest BCUT2D eigenvalue weighted by molar-refractivity contribution is 0.0702. The summed E-state index contributed by atoms with van der Waals surface area (Å²) in [6, 6.07) is 3.70. The Morgan fingerprint density at radius 3 is 3.20 bits per heavy atom. The number of hydrogen-bond donors (Lipinski definition) is 1. The number of carbonyl (C=O) groups excluding carboxylic acids is 1. The Labute approximate surface area is 122 Å². The third-order valence-corrected chi connectivity index (χ3v) is 4.87. The Morgan fingerprint density at radius 2 is 2.50 bits per heavy atom. The van der Waals surface area contributed by atoms with Gasteiger partial charge in [0.1, 0.15) is 5.69 Å². The van der Waals surface area contributed by atoms with E-state index in [1.807, 2.05) is 17.0 Å². The van der Waals surface area contributed by atoms with Gasteiger partial charge in [0.05, 0.1) is 10.7 Å². The minimum atomic E-state index is 0.104. The number of aryl methyl sites for hydroxylation is 1. The highest BCUT2D eigenvalue weighted by Gasteiger charge is 2.27. The first-order valence-corrected chi connectivity index (χ1v) is 8.03. The van der Waals surface area contributed by atoms with Crippen LogP contribution >= 0.6 is 11.3 Å². The lowest BCUT2D eigenvalue weighted by atomic mass is 9.98. The van der Waals surface area contributed by atoms with E-state index in [-0.39, 0.29) is 5.91 Å². The summed E-state index contributed by atoms with van der Waals surface area (Å²) in [5.41, 5.74) is 1.84. The standard InChI is InChI=1S/C15H19N3OS/c1-2-12-10-20-14(17-12)11-5-4-8-18(9-11)15(19)13-6-3-7-16-13/h3,6-7,10-11,16H,2,4-5,8-9H2,1H3. The lowest BCUT2D eigenvalue weighted by Crippen LogP contribution is -2.39. The number of carbonyl (C=O) groups is 1. The van der Waals surface area contributed by atoms with Gasteiger partial charge in [-0.2, -0.15) is 0 Å². The minimum absolute atomic E-state index is 0.104. The summed E-state index contributed by atoms with van der Waals surface area (Å²) in [6.07, 6.45) is 4.96. The van der Waals surface area contributed by atoms with Gasteiger partial charge in [0.15, 0.2) is 0 Å². The molecule has 1 unspecified atom stereocenters. The maximum Gasteiger partial charge on any atom is 0.270 e. The van der Waals surface area contributed by atoms with Gasteiger partial charge in [0.25, 0.3) is 5.91 Å². The van der Waals surface area contributed by atoms with Crippen molar-refractivity contribution < 1.29 is 4.79 Å². The van der Waals surface area contributed by atoms with E-state index < -0.39 is 0 Å². The highest BCUT2D eigenvalue weighted by atomic mass is 32.1. The summed E-state index contributed by atoms with van der Waals surface area (Å²) in [5, 5.41) is 3.33. The number of rotatable bonds is 3. The fraction of sp³-hybridized carbons (Fsp3) is 0.467. The molecule has 0 spiro atoms. The zero-order valence-corrected chi connectivity index (χ0v) is 12.4. The zero-order valence-electron chi connectivity index (χ0n) is 11.6. The van der Waals surface area contributed by atoms with Crippen molar-refractivity contribution in [2.45, 2.75) is 32.1 Å². The van der Waals surface area contributed by atoms with E-state index in [0.717, 1.165) is 38.0 Å². The van der Waals surface area contributed by atoms with Crippen LogP contribution in [0.1, 0.15) is 46.9 Å². The molecule has 106 valence electrons. The highest BCUT2D eigenvalue weighted by Crippen LogP contribution is 2.29. The Bertz CT molecular complexity index is 576. The Balaban J connectivity index is 1.71. The maximum atomic E-state index is 12.4. The van der Waals surface area contributed by atoms with Crippen LogP contribution in [0.25, 0.3) is 0 Å². The molecule has 0 bridgehead atoms. The molecule has 1 saturated heterocycles. The quantitative estimate of drug-likeness (QED) is 0.944. The number of H-pyrrole nitrogens is 1. The first-order valence-electron chi connectivity index (χ1n) is 7.15. The van der Waals surface area contributed by atoms with Crippen molar-refractivity contribution in [2.75, 3.05) is 13.1 Å². The summed E-state index contributed by atoms with van der Waals surface area (Å²) in [7, 11) is 0. The monoisotopic (exact) mass is 289 g/mol. The maximum absolute atomic E-state index is 12.4. The number of hydrogen-bond acceptors (Lipinski definition) is 3. The average molecular weight is 289 g/mol. The molecule has 0 aromatic carbocycles. The van der Waals surface area contributed by atoms with Gasteiger partial charge in [-0.05, 0) is 31.4 Å². The van der Waals surface area contributed by atoms with Crippen LogP contribution in [-0.2, 0) is 6.42 Å². The molecule has 1 N–H and O–H groups in total. The van der Waals surface area contributed by atoms with Gasteiger partial charge in [-0.25, -0.2) is 4.98 Å². The van der Waals surface area contributed by atoms with E-state index in [1.165, 1.54) is 5.01 Å². The summed E-state index contributed by atoms with van der Waals surface area (Å²) in [5.74, 6) is 0.500. The van der Waals surface area contributed by atoms with Gasteiger partial charge in [-0.1, -0.05) is 6.92 Å². The summed E-state index contributed by atoms with van der Waals surface area (Å²) >= 11 is 1.73. The molecule has 0 aliphatic carbocycles. The minimum Gasteiger partial charge on any atom is -0.357 e. The van der Waals surface area contributed by atoms with Crippen LogP contribution in [0.2, 0.25) is 0 Å². The van der Waals surface area contributed by atoms with Gasteiger partial charge in [0, 0.05) is 30.6 Å². The Hall–Kier alpha value is -1.62. The molecular formula is C15H19N3OS. The van der Waals surface area contributed by atoms with Crippen LogP contribution < -0.4 is 0 Å². The number of aromatic amines is 1. The second-order valence-electron chi connectivity index (χ2n) is 5.20. The molecule has 0 saturated carbocycles. The molecule has 5 heteroatoms. The van der Waals surface area contributed by atoms with Crippen LogP contribution in [-0.4, -0.2) is 33.9 Å². The van der Waals surface area contributed by atoms with Crippen molar-refractivity contribution in [1.29, 1.82) is 0 Å². The van der Waals surface area contributed by atoms with Crippen molar-refractivity contribution in [2.24, 2.45) is 0 Å². The molecule has 0 radical (unpaired) electrons. The molecule has 1 aliphatic heterocycles. The van der Waals surface area contributed by atoms with E-state index in [9.17, 15) is 4.79 Å². The molecule has 1 atom stereocenters. The van der Waals surface area contributed by atoms with Gasteiger partial charge in [0.2, 0.25) is 0 Å². The zero-order chi connectivity index (χ0) is 13.9. The van der Waals surface area contributed by atoms with Crippen molar-refractivity contribution in [3.63, 3.8) is 0 Å². The third kappa shape index (κ3) is 2.63. The molecule has 1 fully saturated rings. The highest BCUT2D eigenvalue weighted by molar-refractivity contribution is 7.09. The molecule has 3 rings (SSSR count). The van der Waals surface area contributed by atoms with Crippen LogP contribution in [0.3, 0.4) is 0 Å². The average Bonchev–Trinajstić information content (AvgIpc) is 3.17. The molecular weight excluding hydrogens is 270 g/mol. The first-order chi connectivity index (χ1) is 9.78. The second kappa shape index (κ2) is 5.79. The van der Waals surface area contributed by atoms with Gasteiger partial charge >= 0.3 is 0 Å². The Kier molecular flexibility index (Phi) is 3.87. The van der Waals surface area contributed by atoms with Crippen molar-refractivity contribution in [1.82, 2.24) is 14.9 Å². The van der Waals surface area contributed by atoms with E-state index in [1.54, 1.807) is 17.5 Å². The number of nitrogens with one attached hydrogen (secondary N) is 1. The van der Waals surface area contributed by atoms with E-state index in [4.69, 9.17) is 0 Å². The van der Waals surface area contributed by atoms with Gasteiger partial charge < -0.3 is 9.88 Å². The molecule has 1 aliphatic rings. The van der Waals surface area contributed by atoms with Gasteiger partial charge in [-0.3, -0.25) is 4.79 Å². The second-order valence-corrected chi connectivity index (χ2v) is 6.09. The third-order valence-electron chi connectivity index (χ3n) is 3.82. The fourth-order valence-electron chi connectivity index (χ4n) is 2.67. The summed E-state index contributed by atoms with van der Waals surface area (Å²) < 4.78 is 0. The molecule has 3 heterocycles. The van der Waals surface area contributed by atoms with E-state index >= 15 is 0 Å². The van der Waals surface area contributed by atoms with Crippen molar-refractivity contribution >= 4 is 17.2 Å². The van der Waals surface area contributed by atoms with Crippen LogP contribution in [0, 0.1) is 0 Å². The molecule has 2 aromatic rings. The van der Waals surface area contributed by atoms with E-state index in [0.29, 0.717) is 11.6 Å². The normalized spacial score (nSPS) is 19.2. The fourth-order valence-corrected chi connectivity index (χ4v) is 3.70. The molecule has 1 amide bonds. The topological polar surface area (TPSA) is 49.0 Å². The smallest absolute Gasteiger partial charge is 0.270 e. The molecule has 2 aromatic heterocycles. The lowest BCUT2D eigenvalue weighted by Gasteiger charge is -2.31. The van der Waals surface area contributed by atoms with Crippen LogP contribution in [0.5, 0.6) is 0 Å². The summed E-state index contributed by atoms with van der Waals surface area (Å²) in [6.45, 7) is 3.76. The predicted octanol–water partition coefficient (Wildman–Crippen LogP) is 3.05.